The summed E-state index contributed by atoms with van der Waals surface area (Å²) in [5.41, 5.74) is 2.39. The molecule has 132 valence electrons. The molecule has 0 radical (unpaired) electrons. The molecular formula is C20H20N4O2. The number of nitrogens with one attached hydrogen (secondary N) is 2. The van der Waals surface area contributed by atoms with Crippen LogP contribution in [0.2, 0.25) is 0 Å². The highest BCUT2D eigenvalue weighted by atomic mass is 16.7. The van der Waals surface area contributed by atoms with Gasteiger partial charge in [0.1, 0.15) is 5.82 Å². The highest BCUT2D eigenvalue weighted by molar-refractivity contribution is 5.46. The number of ether oxygens (including phenoxy) is 2. The molecule has 1 aliphatic heterocycles. The van der Waals surface area contributed by atoms with Gasteiger partial charge in [-0.25, -0.2) is 4.98 Å². The maximum atomic E-state index is 5.41. The van der Waals surface area contributed by atoms with Crippen LogP contribution >= 0.6 is 0 Å². The summed E-state index contributed by atoms with van der Waals surface area (Å²) < 4.78 is 10.7. The summed E-state index contributed by atoms with van der Waals surface area (Å²) in [6, 6.07) is 18.1. The van der Waals surface area contributed by atoms with Crippen molar-refractivity contribution in [3.05, 3.63) is 71.9 Å². The van der Waals surface area contributed by atoms with Crippen molar-refractivity contribution in [1.82, 2.24) is 9.97 Å². The van der Waals surface area contributed by atoms with E-state index in [0.717, 1.165) is 35.8 Å². The number of hydrogen-bond acceptors (Lipinski definition) is 6. The Kier molecular flexibility index (Phi) is 4.82. The predicted octanol–water partition coefficient (Wildman–Crippen LogP) is 3.47. The Labute approximate surface area is 152 Å². The van der Waals surface area contributed by atoms with E-state index in [1.54, 1.807) is 6.20 Å². The van der Waals surface area contributed by atoms with E-state index in [4.69, 9.17) is 9.47 Å². The lowest BCUT2D eigenvalue weighted by molar-refractivity contribution is 0.174. The van der Waals surface area contributed by atoms with Crippen LogP contribution in [-0.4, -0.2) is 23.3 Å². The minimum atomic E-state index is 0.288. The molecule has 0 atom stereocenters. The van der Waals surface area contributed by atoms with Gasteiger partial charge in [0.15, 0.2) is 11.5 Å². The minimum absolute atomic E-state index is 0.288. The lowest BCUT2D eigenvalue weighted by Crippen LogP contribution is -2.09. The van der Waals surface area contributed by atoms with Gasteiger partial charge in [0.2, 0.25) is 12.7 Å². The van der Waals surface area contributed by atoms with Crippen molar-refractivity contribution >= 4 is 11.8 Å². The summed E-state index contributed by atoms with van der Waals surface area (Å²) in [4.78, 5) is 8.78. The number of anilines is 2. The smallest absolute Gasteiger partial charge is 0.231 e. The lowest BCUT2D eigenvalue weighted by atomic mass is 10.1. The first kappa shape index (κ1) is 16.2. The summed E-state index contributed by atoms with van der Waals surface area (Å²) in [7, 11) is 0. The van der Waals surface area contributed by atoms with Crippen molar-refractivity contribution in [3.63, 3.8) is 0 Å². The summed E-state index contributed by atoms with van der Waals surface area (Å²) >= 11 is 0. The van der Waals surface area contributed by atoms with Gasteiger partial charge in [-0.1, -0.05) is 36.4 Å². The van der Waals surface area contributed by atoms with Crippen LogP contribution in [0.25, 0.3) is 0 Å². The highest BCUT2D eigenvalue weighted by Crippen LogP contribution is 2.32. The minimum Gasteiger partial charge on any atom is -0.454 e. The first-order valence-corrected chi connectivity index (χ1v) is 8.60. The van der Waals surface area contributed by atoms with Crippen molar-refractivity contribution < 1.29 is 9.47 Å². The van der Waals surface area contributed by atoms with Gasteiger partial charge >= 0.3 is 0 Å². The van der Waals surface area contributed by atoms with E-state index in [9.17, 15) is 0 Å². The van der Waals surface area contributed by atoms with Crippen molar-refractivity contribution in [2.75, 3.05) is 24.0 Å². The second-order valence-electron chi connectivity index (χ2n) is 5.97. The zero-order valence-corrected chi connectivity index (χ0v) is 14.3. The van der Waals surface area contributed by atoms with Gasteiger partial charge in [-0.3, -0.25) is 0 Å². The molecule has 2 heterocycles. The molecule has 0 spiro atoms. The zero-order chi connectivity index (χ0) is 17.6. The van der Waals surface area contributed by atoms with Gasteiger partial charge in [-0.05, 0) is 35.7 Å². The standard InChI is InChI=1S/C20H20N4O2/c1-2-4-15(5-3-1)8-10-21-20-22-11-9-19(24-20)23-13-16-6-7-17-18(12-16)26-14-25-17/h1-7,9,11-12H,8,10,13-14H2,(H2,21,22,23,24). The van der Waals surface area contributed by atoms with Crippen molar-refractivity contribution in [1.29, 1.82) is 0 Å². The maximum Gasteiger partial charge on any atom is 0.231 e. The molecule has 0 saturated heterocycles. The van der Waals surface area contributed by atoms with Crippen LogP contribution in [0.5, 0.6) is 11.5 Å². The molecule has 6 heteroatoms. The topological polar surface area (TPSA) is 68.3 Å². The monoisotopic (exact) mass is 348 g/mol. The van der Waals surface area contributed by atoms with Crippen LogP contribution in [0.3, 0.4) is 0 Å². The van der Waals surface area contributed by atoms with E-state index in [2.05, 4.69) is 32.7 Å². The van der Waals surface area contributed by atoms with Crippen molar-refractivity contribution in [2.24, 2.45) is 0 Å². The number of rotatable bonds is 7. The number of hydrogen-bond donors (Lipinski definition) is 2. The normalized spacial score (nSPS) is 12.0. The average Bonchev–Trinajstić information content (AvgIpc) is 3.15. The number of aromatic nitrogens is 2. The predicted molar refractivity (Wildman–Crippen MR) is 101 cm³/mol. The van der Waals surface area contributed by atoms with Crippen molar-refractivity contribution in [2.45, 2.75) is 13.0 Å². The lowest BCUT2D eigenvalue weighted by Gasteiger charge is -2.09. The third-order valence-electron chi connectivity index (χ3n) is 4.11. The Bertz CT molecular complexity index is 871. The van der Waals surface area contributed by atoms with Crippen LogP contribution in [0.1, 0.15) is 11.1 Å². The molecule has 4 rings (SSSR count). The number of fused-ring (bicyclic) bond motifs is 1. The molecule has 1 aliphatic rings. The Hall–Kier alpha value is -3.28. The van der Waals surface area contributed by atoms with Crippen LogP contribution < -0.4 is 20.1 Å². The van der Waals surface area contributed by atoms with E-state index in [-0.39, 0.29) is 6.79 Å². The fourth-order valence-corrected chi connectivity index (χ4v) is 2.75. The molecule has 6 nitrogen and oxygen atoms in total. The molecule has 1 aromatic heterocycles. The molecule has 0 fully saturated rings. The Balaban J connectivity index is 1.31. The molecular weight excluding hydrogens is 328 g/mol. The summed E-state index contributed by atoms with van der Waals surface area (Å²) in [5.74, 6) is 2.98. The quantitative estimate of drug-likeness (QED) is 0.681. The maximum absolute atomic E-state index is 5.41. The second-order valence-corrected chi connectivity index (χ2v) is 5.97. The summed E-state index contributed by atoms with van der Waals surface area (Å²) in [6.07, 6.45) is 2.68. The van der Waals surface area contributed by atoms with Gasteiger partial charge in [0, 0.05) is 19.3 Å². The molecule has 2 N–H and O–H groups in total. The highest BCUT2D eigenvalue weighted by Gasteiger charge is 2.13. The molecule has 0 amide bonds. The molecule has 26 heavy (non-hydrogen) atoms. The molecule has 0 bridgehead atoms. The van der Waals surface area contributed by atoms with E-state index in [1.165, 1.54) is 5.56 Å². The Morgan fingerprint density at radius 3 is 2.69 bits per heavy atom. The van der Waals surface area contributed by atoms with E-state index in [1.807, 2.05) is 42.5 Å². The van der Waals surface area contributed by atoms with E-state index < -0.39 is 0 Å². The third-order valence-corrected chi connectivity index (χ3v) is 4.11. The average molecular weight is 348 g/mol. The van der Waals surface area contributed by atoms with Crippen LogP contribution in [-0.2, 0) is 13.0 Å². The van der Waals surface area contributed by atoms with Crippen molar-refractivity contribution in [3.8, 4) is 11.5 Å². The van der Waals surface area contributed by atoms with Gasteiger partial charge in [0.25, 0.3) is 0 Å². The molecule has 0 unspecified atom stereocenters. The number of nitrogens with zero attached hydrogens (tertiary/aromatic N) is 2. The van der Waals surface area contributed by atoms with E-state index in [0.29, 0.717) is 12.5 Å². The van der Waals surface area contributed by atoms with Crippen LogP contribution in [0.4, 0.5) is 11.8 Å². The third kappa shape index (κ3) is 4.03. The molecule has 2 aromatic carbocycles. The van der Waals surface area contributed by atoms with Gasteiger partial charge in [0.05, 0.1) is 0 Å². The molecule has 0 aliphatic carbocycles. The largest absolute Gasteiger partial charge is 0.454 e. The van der Waals surface area contributed by atoms with Crippen LogP contribution in [0.15, 0.2) is 60.8 Å². The van der Waals surface area contributed by atoms with Crippen LogP contribution in [0, 0.1) is 0 Å². The Morgan fingerprint density at radius 1 is 0.885 bits per heavy atom. The first-order chi connectivity index (χ1) is 12.9. The Morgan fingerprint density at radius 2 is 1.77 bits per heavy atom. The summed E-state index contributed by atoms with van der Waals surface area (Å²) in [6.45, 7) is 1.73. The fraction of sp³-hybridized carbons (Fsp3) is 0.200. The van der Waals surface area contributed by atoms with Gasteiger partial charge in [-0.15, -0.1) is 0 Å². The molecule has 0 saturated carbocycles. The van der Waals surface area contributed by atoms with Gasteiger partial charge in [-0.2, -0.15) is 4.98 Å². The zero-order valence-electron chi connectivity index (χ0n) is 14.3. The SMILES string of the molecule is c1ccc(CCNc2nccc(NCc3ccc4c(c3)OCO4)n2)cc1. The number of benzene rings is 2. The molecule has 3 aromatic rings. The second kappa shape index (κ2) is 7.74. The van der Waals surface area contributed by atoms with E-state index >= 15 is 0 Å². The first-order valence-electron chi connectivity index (χ1n) is 8.60. The fourth-order valence-electron chi connectivity index (χ4n) is 2.75. The summed E-state index contributed by atoms with van der Waals surface area (Å²) in [5, 5.41) is 6.58. The van der Waals surface area contributed by atoms with Gasteiger partial charge < -0.3 is 20.1 Å².